The van der Waals surface area contributed by atoms with E-state index in [1.165, 1.54) is 5.56 Å². The molecule has 0 N–H and O–H groups in total. The summed E-state index contributed by atoms with van der Waals surface area (Å²) < 4.78 is 6.21. The van der Waals surface area contributed by atoms with E-state index in [1.807, 2.05) is 42.5 Å². The number of hydrogen-bond acceptors (Lipinski definition) is 7. The Morgan fingerprint density at radius 3 is 1.20 bits per heavy atom. The van der Waals surface area contributed by atoms with Crippen molar-refractivity contribution in [3.8, 4) is 39.5 Å². The van der Waals surface area contributed by atoms with E-state index >= 15 is 0 Å². The normalized spacial score (nSPS) is 10.2. The van der Waals surface area contributed by atoms with Crippen LogP contribution in [0.5, 0.6) is 5.75 Å². The highest BCUT2D eigenvalue weighted by atomic mass is 16.6. The van der Waals surface area contributed by atoms with Gasteiger partial charge in [-0.05, 0) is 29.8 Å². The molecule has 198 valence electrons. The Morgan fingerprint density at radius 2 is 0.850 bits per heavy atom. The van der Waals surface area contributed by atoms with Crippen LogP contribution in [0.15, 0.2) is 120 Å². The Balaban J connectivity index is 0.000000202. The van der Waals surface area contributed by atoms with Crippen molar-refractivity contribution in [3.63, 3.8) is 0 Å². The number of nitro groups is 3. The second kappa shape index (κ2) is 12.0. The van der Waals surface area contributed by atoms with E-state index in [0.717, 1.165) is 28.2 Å². The summed E-state index contributed by atoms with van der Waals surface area (Å²) in [4.78, 5) is 27.5. The van der Waals surface area contributed by atoms with E-state index in [1.54, 1.807) is 0 Å². The molecule has 0 radical (unpaired) electrons. The molecule has 0 saturated carbocycles. The minimum Gasteiger partial charge on any atom is -0.863 e. The van der Waals surface area contributed by atoms with E-state index < -0.39 is 37.6 Å². The summed E-state index contributed by atoms with van der Waals surface area (Å²) in [5.41, 5.74) is 1.22. The van der Waals surface area contributed by atoms with Gasteiger partial charge in [-0.15, -0.1) is 0 Å². The molecule has 11 heteroatoms. The largest absolute Gasteiger partial charge is 0.863 e. The highest BCUT2D eigenvalue weighted by Gasteiger charge is 2.24. The molecule has 11 nitrogen and oxygen atoms in total. The first-order valence-electron chi connectivity index (χ1n) is 11.7. The fraction of sp³-hybridized carbons (Fsp3) is 0. The van der Waals surface area contributed by atoms with Crippen LogP contribution >= 0.6 is 0 Å². The summed E-state index contributed by atoms with van der Waals surface area (Å²) in [6.07, 6.45) is 0. The summed E-state index contributed by atoms with van der Waals surface area (Å²) in [7, 11) is 0. The fourth-order valence-corrected chi connectivity index (χ4v) is 3.75. The van der Waals surface area contributed by atoms with Gasteiger partial charge < -0.3 is 5.11 Å². The molecule has 0 aliphatic heterocycles. The fourth-order valence-electron chi connectivity index (χ4n) is 3.75. The van der Waals surface area contributed by atoms with Gasteiger partial charge in [-0.2, -0.15) is 0 Å². The van der Waals surface area contributed by atoms with Crippen molar-refractivity contribution in [2.45, 2.75) is 0 Å². The SMILES string of the molecule is O=[N+]([O-])c1cc([N+](=O)[O-])c([O-])c([N+](=O)[O-])c1.c1ccc(-c2cc(-c3ccccc3)[o+]c(-c3ccccc3)c2)cc1. The Morgan fingerprint density at radius 1 is 0.475 bits per heavy atom. The van der Waals surface area contributed by atoms with Crippen LogP contribution in [0.2, 0.25) is 0 Å². The first kappa shape index (κ1) is 27.1. The number of hydrogen-bond donors (Lipinski definition) is 0. The summed E-state index contributed by atoms with van der Waals surface area (Å²) in [6.45, 7) is 0. The molecule has 0 amide bonds. The zero-order valence-electron chi connectivity index (χ0n) is 20.6. The number of benzene rings is 4. The van der Waals surface area contributed by atoms with Crippen LogP contribution in [0, 0.1) is 30.3 Å². The molecule has 5 rings (SSSR count). The maximum atomic E-state index is 11.1. The molecular formula is C29H19N3O8. The van der Waals surface area contributed by atoms with Gasteiger partial charge in [0.15, 0.2) is 0 Å². The molecule has 1 heterocycles. The van der Waals surface area contributed by atoms with Gasteiger partial charge in [0, 0.05) is 5.56 Å². The maximum absolute atomic E-state index is 11.1. The van der Waals surface area contributed by atoms with E-state index in [4.69, 9.17) is 4.42 Å². The molecule has 40 heavy (non-hydrogen) atoms. The third-order valence-corrected chi connectivity index (χ3v) is 5.66. The van der Waals surface area contributed by atoms with Crippen molar-refractivity contribution in [1.29, 1.82) is 0 Å². The van der Waals surface area contributed by atoms with Crippen molar-refractivity contribution < 1.29 is 24.3 Å². The molecule has 0 unspecified atom stereocenters. The van der Waals surface area contributed by atoms with Gasteiger partial charge in [-0.3, -0.25) is 30.3 Å². The van der Waals surface area contributed by atoms with Gasteiger partial charge in [-0.25, -0.2) is 4.42 Å². The molecule has 0 aliphatic rings. The highest BCUT2D eigenvalue weighted by Crippen LogP contribution is 2.37. The number of non-ortho nitro benzene ring substituents is 1. The summed E-state index contributed by atoms with van der Waals surface area (Å²) in [5.74, 6) is 0.284. The lowest BCUT2D eigenvalue weighted by Gasteiger charge is -2.06. The topological polar surface area (TPSA) is 164 Å². The molecule has 0 aliphatic carbocycles. The van der Waals surface area contributed by atoms with Crippen LogP contribution in [0.4, 0.5) is 17.1 Å². The summed E-state index contributed by atoms with van der Waals surface area (Å²) >= 11 is 0. The average Bonchev–Trinajstić information content (AvgIpc) is 2.98. The Bertz CT molecular complexity index is 1500. The van der Waals surface area contributed by atoms with Gasteiger partial charge in [0.25, 0.3) is 17.1 Å². The second-order valence-corrected chi connectivity index (χ2v) is 8.26. The average molecular weight is 537 g/mol. The van der Waals surface area contributed by atoms with Gasteiger partial charge >= 0.3 is 11.5 Å². The van der Waals surface area contributed by atoms with Crippen molar-refractivity contribution in [2.75, 3.05) is 0 Å². The highest BCUT2D eigenvalue weighted by molar-refractivity contribution is 5.74. The van der Waals surface area contributed by atoms with Crippen LogP contribution in [0.3, 0.4) is 0 Å². The number of nitro benzene ring substituents is 3. The lowest BCUT2D eigenvalue weighted by Crippen LogP contribution is -2.04. The van der Waals surface area contributed by atoms with Crippen molar-refractivity contribution >= 4 is 17.1 Å². The molecule has 0 bridgehead atoms. The van der Waals surface area contributed by atoms with Crippen LogP contribution in [-0.2, 0) is 0 Å². The predicted molar refractivity (Wildman–Crippen MR) is 145 cm³/mol. The lowest BCUT2D eigenvalue weighted by molar-refractivity contribution is -0.420. The standard InChI is InChI=1S/C23H17O.C6H3N3O7/c1-4-10-18(11-5-1)21-16-22(19-12-6-2-7-13-19)24-23(17-21)20-14-8-3-9-15-20;10-6-4(8(13)14)1-3(7(11)12)2-5(6)9(15)16/h1-17H;1-2,10H/q+1;/p-1. The van der Waals surface area contributed by atoms with Gasteiger partial charge in [-0.1, -0.05) is 66.7 Å². The van der Waals surface area contributed by atoms with Crippen LogP contribution in [0.25, 0.3) is 33.8 Å². The van der Waals surface area contributed by atoms with Crippen molar-refractivity contribution in [2.24, 2.45) is 0 Å². The van der Waals surface area contributed by atoms with Gasteiger partial charge in [0.2, 0.25) is 0 Å². The molecular weight excluding hydrogens is 518 g/mol. The molecule has 5 aromatic rings. The monoisotopic (exact) mass is 537 g/mol. The molecule has 0 fully saturated rings. The van der Waals surface area contributed by atoms with Crippen LogP contribution in [-0.4, -0.2) is 14.8 Å². The zero-order chi connectivity index (χ0) is 28.6. The van der Waals surface area contributed by atoms with Crippen LogP contribution in [0.1, 0.15) is 0 Å². The number of nitrogens with zero attached hydrogens (tertiary/aromatic N) is 3. The Labute approximate surface area is 226 Å². The summed E-state index contributed by atoms with van der Waals surface area (Å²) in [6, 6.07) is 35.8. The maximum Gasteiger partial charge on any atom is 0.361 e. The smallest absolute Gasteiger partial charge is 0.361 e. The van der Waals surface area contributed by atoms with Crippen LogP contribution < -0.4 is 5.11 Å². The van der Waals surface area contributed by atoms with Crippen molar-refractivity contribution in [3.05, 3.63) is 146 Å². The quantitative estimate of drug-likeness (QED) is 0.126. The first-order chi connectivity index (χ1) is 19.2. The Kier molecular flexibility index (Phi) is 8.16. The third-order valence-electron chi connectivity index (χ3n) is 5.66. The first-order valence-corrected chi connectivity index (χ1v) is 11.7. The molecule has 1 aromatic heterocycles. The second-order valence-electron chi connectivity index (χ2n) is 8.26. The Hall–Kier alpha value is -5.97. The molecule has 0 atom stereocenters. The van der Waals surface area contributed by atoms with E-state index in [0.29, 0.717) is 12.1 Å². The molecule has 4 aromatic carbocycles. The molecule has 0 spiro atoms. The number of rotatable bonds is 6. The minimum atomic E-state index is -1.46. The minimum absolute atomic E-state index is 0.384. The van der Waals surface area contributed by atoms with Gasteiger partial charge in [0.1, 0.15) is 0 Å². The zero-order valence-corrected chi connectivity index (χ0v) is 20.6. The summed E-state index contributed by atoms with van der Waals surface area (Å²) in [5, 5.41) is 42.1. The van der Waals surface area contributed by atoms with Crippen molar-refractivity contribution in [1.82, 2.24) is 0 Å². The third kappa shape index (κ3) is 6.29. The molecule has 0 saturated heterocycles. The predicted octanol–water partition coefficient (Wildman–Crippen LogP) is 7.05. The van der Waals surface area contributed by atoms with E-state index in [9.17, 15) is 35.4 Å². The van der Waals surface area contributed by atoms with Gasteiger partial charge in [0.05, 0.1) is 55.9 Å². The van der Waals surface area contributed by atoms with E-state index in [2.05, 4.69) is 60.7 Å². The van der Waals surface area contributed by atoms with E-state index in [-0.39, 0.29) is 0 Å². The lowest BCUT2D eigenvalue weighted by atomic mass is 10.0.